The van der Waals surface area contributed by atoms with Gasteiger partial charge >= 0.3 is 6.09 Å². The van der Waals surface area contributed by atoms with Crippen LogP contribution in [0.3, 0.4) is 0 Å². The number of thiazole rings is 1. The Labute approximate surface area is 261 Å². The number of pyridine rings is 1. The minimum absolute atomic E-state index is 0.00306. The highest BCUT2D eigenvalue weighted by Crippen LogP contribution is 2.37. The van der Waals surface area contributed by atoms with E-state index in [0.717, 1.165) is 21.6 Å². The van der Waals surface area contributed by atoms with Gasteiger partial charge in [-0.2, -0.15) is 0 Å². The van der Waals surface area contributed by atoms with Gasteiger partial charge in [0.2, 0.25) is 5.88 Å². The van der Waals surface area contributed by atoms with Gasteiger partial charge in [0, 0.05) is 23.9 Å². The van der Waals surface area contributed by atoms with Crippen molar-refractivity contribution in [2.75, 3.05) is 25.2 Å². The molecule has 0 radical (unpaired) electrons. The van der Waals surface area contributed by atoms with Gasteiger partial charge in [-0.15, -0.1) is 11.3 Å². The van der Waals surface area contributed by atoms with Crippen molar-refractivity contribution in [3.63, 3.8) is 0 Å². The van der Waals surface area contributed by atoms with Crippen LogP contribution in [0.15, 0.2) is 85.3 Å². The lowest BCUT2D eigenvalue weighted by molar-refractivity contribution is 0.0887. The number of carboxylic acid groups (broad SMARTS) is 1. The van der Waals surface area contributed by atoms with Crippen molar-refractivity contribution in [3.8, 4) is 22.2 Å². The second kappa shape index (κ2) is 13.2. The SMILES string of the molecule is COc1cnc2c(-c3nc4cc(F)c(OCC(COCc5ccccc5)N(C(=O)O)c5cccnc5)cc4s3)cc(C)cc2n1. The zero-order chi connectivity index (χ0) is 31.3. The zero-order valence-electron chi connectivity index (χ0n) is 24.4. The molecule has 0 aliphatic carbocycles. The number of hydrogen-bond donors (Lipinski definition) is 1. The van der Waals surface area contributed by atoms with Crippen LogP contribution < -0.4 is 14.4 Å². The average molecular weight is 626 g/mol. The maximum Gasteiger partial charge on any atom is 0.412 e. The molecule has 0 spiro atoms. The zero-order valence-corrected chi connectivity index (χ0v) is 25.2. The number of aromatic nitrogens is 4. The minimum atomic E-state index is -1.21. The Balaban J connectivity index is 1.28. The van der Waals surface area contributed by atoms with Crippen LogP contribution in [-0.4, -0.2) is 57.5 Å². The summed E-state index contributed by atoms with van der Waals surface area (Å²) in [7, 11) is 1.53. The van der Waals surface area contributed by atoms with Gasteiger partial charge in [-0.1, -0.05) is 30.3 Å². The largest absolute Gasteiger partial charge is 0.488 e. The van der Waals surface area contributed by atoms with Crippen molar-refractivity contribution in [2.45, 2.75) is 19.6 Å². The number of methoxy groups -OCH3 is 1. The molecule has 228 valence electrons. The van der Waals surface area contributed by atoms with Gasteiger partial charge in [-0.25, -0.2) is 24.1 Å². The quantitative estimate of drug-likeness (QED) is 0.164. The fourth-order valence-electron chi connectivity index (χ4n) is 4.91. The number of benzene rings is 3. The van der Waals surface area contributed by atoms with Crippen LogP contribution in [-0.2, 0) is 11.3 Å². The smallest absolute Gasteiger partial charge is 0.412 e. The lowest BCUT2D eigenvalue weighted by Gasteiger charge is -2.29. The average Bonchev–Trinajstić information content (AvgIpc) is 3.46. The van der Waals surface area contributed by atoms with Crippen molar-refractivity contribution in [1.29, 1.82) is 0 Å². The van der Waals surface area contributed by atoms with Gasteiger partial charge < -0.3 is 19.3 Å². The number of fused-ring (bicyclic) bond motifs is 2. The molecular formula is C33H28FN5O5S. The Bertz CT molecular complexity index is 1960. The Hall–Kier alpha value is -5.20. The van der Waals surface area contributed by atoms with E-state index in [1.807, 2.05) is 49.4 Å². The van der Waals surface area contributed by atoms with Crippen molar-refractivity contribution in [1.82, 2.24) is 19.9 Å². The maximum absolute atomic E-state index is 15.4. The summed E-state index contributed by atoms with van der Waals surface area (Å²) in [4.78, 5) is 31.3. The van der Waals surface area contributed by atoms with Gasteiger partial charge in [0.1, 0.15) is 11.6 Å². The molecule has 1 N–H and O–H groups in total. The van der Waals surface area contributed by atoms with Crippen LogP contribution >= 0.6 is 11.3 Å². The van der Waals surface area contributed by atoms with Crippen LogP contribution in [0.4, 0.5) is 14.9 Å². The molecule has 0 bridgehead atoms. The van der Waals surface area contributed by atoms with Gasteiger partial charge in [0.25, 0.3) is 0 Å². The predicted molar refractivity (Wildman–Crippen MR) is 170 cm³/mol. The molecular weight excluding hydrogens is 597 g/mol. The molecule has 1 atom stereocenters. The Morgan fingerprint density at radius 2 is 1.87 bits per heavy atom. The second-order valence-electron chi connectivity index (χ2n) is 10.2. The first-order valence-corrected chi connectivity index (χ1v) is 14.8. The molecule has 1 unspecified atom stereocenters. The Morgan fingerprint density at radius 1 is 1.02 bits per heavy atom. The summed E-state index contributed by atoms with van der Waals surface area (Å²) in [6.07, 6.45) is 3.33. The van der Waals surface area contributed by atoms with Crippen LogP contribution in [0.25, 0.3) is 31.8 Å². The van der Waals surface area contributed by atoms with Crippen molar-refractivity contribution in [2.24, 2.45) is 0 Å². The van der Waals surface area contributed by atoms with Crippen molar-refractivity contribution < 1.29 is 28.5 Å². The molecule has 0 aliphatic heterocycles. The third-order valence-corrected chi connectivity index (χ3v) is 8.05. The monoisotopic (exact) mass is 625 g/mol. The van der Waals surface area contributed by atoms with E-state index >= 15 is 4.39 Å². The van der Waals surface area contributed by atoms with E-state index in [9.17, 15) is 9.90 Å². The molecule has 3 heterocycles. The van der Waals surface area contributed by atoms with Crippen LogP contribution in [0.1, 0.15) is 11.1 Å². The first-order valence-electron chi connectivity index (χ1n) is 14.0. The van der Waals surface area contributed by atoms with Crippen LogP contribution in [0.5, 0.6) is 11.6 Å². The molecule has 0 saturated carbocycles. The van der Waals surface area contributed by atoms with Crippen LogP contribution in [0, 0.1) is 12.7 Å². The normalized spacial score (nSPS) is 11.9. The summed E-state index contributed by atoms with van der Waals surface area (Å²) in [5.41, 5.74) is 4.79. The van der Waals surface area contributed by atoms with Crippen LogP contribution in [0.2, 0.25) is 0 Å². The fourth-order valence-corrected chi connectivity index (χ4v) is 5.90. The van der Waals surface area contributed by atoms with Gasteiger partial charge in [0.05, 0.1) is 65.7 Å². The maximum atomic E-state index is 15.4. The number of carbonyl (C=O) groups is 1. The number of ether oxygens (including phenoxy) is 3. The standard InChI is InChI=1S/C33H28FN5O5S/c1-20-11-24(31-27(12-20)37-30(42-2)16-36-31)32-38-26-13-25(34)28(14-29(26)45-32)44-19-23(18-43-17-21-7-4-3-5-8-21)39(33(40)41)22-9-6-10-35-15-22/h3-16,23H,17-19H2,1-2H3,(H,40,41). The summed E-state index contributed by atoms with van der Waals surface area (Å²) < 4.78 is 33.2. The molecule has 12 heteroatoms. The number of rotatable bonds is 11. The number of amides is 1. The highest BCUT2D eigenvalue weighted by atomic mass is 32.1. The van der Waals surface area contributed by atoms with Crippen molar-refractivity contribution in [3.05, 3.63) is 102 Å². The number of anilines is 1. The second-order valence-corrected chi connectivity index (χ2v) is 11.2. The number of nitrogens with zero attached hydrogens (tertiary/aromatic N) is 5. The highest BCUT2D eigenvalue weighted by molar-refractivity contribution is 7.21. The van der Waals surface area contributed by atoms with Gasteiger partial charge in [0.15, 0.2) is 11.6 Å². The van der Waals surface area contributed by atoms with Gasteiger partial charge in [-0.3, -0.25) is 9.88 Å². The molecule has 0 aliphatic rings. The van der Waals surface area contributed by atoms with E-state index in [1.165, 1.54) is 30.7 Å². The Kier molecular flexibility index (Phi) is 8.76. The van der Waals surface area contributed by atoms with E-state index in [0.29, 0.717) is 37.8 Å². The van der Waals surface area contributed by atoms with E-state index in [2.05, 4.69) is 19.9 Å². The van der Waals surface area contributed by atoms with E-state index in [-0.39, 0.29) is 25.6 Å². The third-order valence-electron chi connectivity index (χ3n) is 7.00. The topological polar surface area (TPSA) is 120 Å². The summed E-state index contributed by atoms with van der Waals surface area (Å²) >= 11 is 1.37. The number of halogens is 1. The molecule has 10 nitrogen and oxygen atoms in total. The summed E-state index contributed by atoms with van der Waals surface area (Å²) in [6, 6.07) is 18.8. The summed E-state index contributed by atoms with van der Waals surface area (Å²) in [5, 5.41) is 10.8. The molecule has 45 heavy (non-hydrogen) atoms. The van der Waals surface area contributed by atoms with E-state index < -0.39 is 18.0 Å². The first-order chi connectivity index (χ1) is 21.9. The van der Waals surface area contributed by atoms with E-state index in [4.69, 9.17) is 14.2 Å². The molecule has 3 aromatic heterocycles. The predicted octanol–water partition coefficient (Wildman–Crippen LogP) is 6.91. The number of hydrogen-bond acceptors (Lipinski definition) is 9. The summed E-state index contributed by atoms with van der Waals surface area (Å²) in [6.45, 7) is 2.04. The molecule has 1 amide bonds. The minimum Gasteiger partial charge on any atom is -0.488 e. The fraction of sp³-hybridized carbons (Fsp3) is 0.182. The molecule has 0 fully saturated rings. The van der Waals surface area contributed by atoms with Gasteiger partial charge in [-0.05, 0) is 42.3 Å². The molecule has 0 saturated heterocycles. The lowest BCUT2D eigenvalue weighted by Crippen LogP contribution is -2.46. The van der Waals surface area contributed by atoms with Crippen molar-refractivity contribution >= 4 is 44.4 Å². The van der Waals surface area contributed by atoms with E-state index in [1.54, 1.807) is 30.6 Å². The number of aryl methyl sites for hydroxylation is 1. The molecule has 6 rings (SSSR count). The molecule has 3 aromatic carbocycles. The molecule has 6 aromatic rings. The summed E-state index contributed by atoms with van der Waals surface area (Å²) in [5.74, 6) is -0.243. The Morgan fingerprint density at radius 3 is 2.62 bits per heavy atom. The first kappa shape index (κ1) is 29.9. The highest BCUT2D eigenvalue weighted by Gasteiger charge is 2.27. The third kappa shape index (κ3) is 6.66. The lowest BCUT2D eigenvalue weighted by atomic mass is 10.1.